The average Bonchev–Trinajstić information content (AvgIpc) is 2.70. The van der Waals surface area contributed by atoms with Crippen molar-refractivity contribution in [1.82, 2.24) is 0 Å². The molecule has 4 saturated carbocycles. The molecular weight excluding hydrogens is 360 g/mol. The molecule has 5 rings (SSSR count). The lowest BCUT2D eigenvalue weighted by Gasteiger charge is -2.63. The summed E-state index contributed by atoms with van der Waals surface area (Å²) in [6.07, 6.45) is 14.3. The molecule has 0 amide bonds. The van der Waals surface area contributed by atoms with Crippen LogP contribution in [0.3, 0.4) is 0 Å². The van der Waals surface area contributed by atoms with E-state index in [1.54, 1.807) is 5.57 Å². The van der Waals surface area contributed by atoms with E-state index in [9.17, 15) is 15.0 Å². The second-order valence-electron chi connectivity index (χ2n) is 12.1. The van der Waals surface area contributed by atoms with Crippen molar-refractivity contribution >= 4 is 5.97 Å². The molecular formula is C26H40O3. The van der Waals surface area contributed by atoms with E-state index in [1.807, 2.05) is 0 Å². The number of fused-ring (bicyclic) bond motifs is 7. The first-order valence-corrected chi connectivity index (χ1v) is 12.3. The maximum atomic E-state index is 12.4. The molecule has 3 nitrogen and oxygen atoms in total. The molecule has 0 aromatic heterocycles. The van der Waals surface area contributed by atoms with Gasteiger partial charge in [0.1, 0.15) is 0 Å². The molecule has 0 radical (unpaired) electrons. The smallest absolute Gasteiger partial charge is 0.310 e. The Morgan fingerprint density at radius 1 is 0.931 bits per heavy atom. The zero-order valence-electron chi connectivity index (χ0n) is 18.6. The van der Waals surface area contributed by atoms with Crippen LogP contribution in [0.15, 0.2) is 11.6 Å². The summed E-state index contributed by atoms with van der Waals surface area (Å²) in [7, 11) is 0. The summed E-state index contributed by atoms with van der Waals surface area (Å²) in [6, 6.07) is 0. The van der Waals surface area contributed by atoms with Gasteiger partial charge in [0.25, 0.3) is 0 Å². The molecule has 4 fully saturated rings. The van der Waals surface area contributed by atoms with Crippen LogP contribution in [0.4, 0.5) is 0 Å². The number of aliphatic carboxylic acids is 1. The minimum atomic E-state index is -0.529. The number of carboxylic acid groups (broad SMARTS) is 1. The minimum Gasteiger partial charge on any atom is -0.481 e. The van der Waals surface area contributed by atoms with E-state index in [2.05, 4.69) is 26.8 Å². The molecule has 5 aliphatic rings. The van der Waals surface area contributed by atoms with Crippen molar-refractivity contribution in [3.8, 4) is 0 Å². The van der Waals surface area contributed by atoms with Crippen LogP contribution in [-0.2, 0) is 4.79 Å². The maximum Gasteiger partial charge on any atom is 0.310 e. The van der Waals surface area contributed by atoms with Gasteiger partial charge in [0.2, 0.25) is 0 Å². The van der Waals surface area contributed by atoms with Gasteiger partial charge in [-0.25, -0.2) is 0 Å². The zero-order chi connectivity index (χ0) is 20.6. The van der Waals surface area contributed by atoms with Crippen LogP contribution < -0.4 is 0 Å². The summed E-state index contributed by atoms with van der Waals surface area (Å²) in [5.41, 5.74) is 1.30. The number of hydrogen-bond acceptors (Lipinski definition) is 2. The fourth-order valence-electron chi connectivity index (χ4n) is 9.24. The Labute approximate surface area is 176 Å². The third-order valence-electron chi connectivity index (χ3n) is 11.0. The van der Waals surface area contributed by atoms with Crippen molar-refractivity contribution in [2.45, 2.75) is 97.5 Å². The summed E-state index contributed by atoms with van der Waals surface area (Å²) >= 11 is 0. The predicted octanol–water partition coefficient (Wildman–Crippen LogP) is 5.82. The summed E-state index contributed by atoms with van der Waals surface area (Å²) in [4.78, 5) is 12.4. The van der Waals surface area contributed by atoms with Gasteiger partial charge in [-0.15, -0.1) is 0 Å². The molecule has 3 heteroatoms. The zero-order valence-corrected chi connectivity index (χ0v) is 18.6. The van der Waals surface area contributed by atoms with Crippen LogP contribution in [0.25, 0.3) is 0 Å². The van der Waals surface area contributed by atoms with Crippen molar-refractivity contribution in [2.75, 3.05) is 0 Å². The highest BCUT2D eigenvalue weighted by atomic mass is 16.4. The number of allylic oxidation sites excluding steroid dienone is 2. The number of carboxylic acids is 1. The maximum absolute atomic E-state index is 12.4. The van der Waals surface area contributed by atoms with Crippen molar-refractivity contribution in [1.29, 1.82) is 0 Å². The molecule has 0 spiro atoms. The van der Waals surface area contributed by atoms with Crippen LogP contribution >= 0.6 is 0 Å². The van der Waals surface area contributed by atoms with Crippen molar-refractivity contribution in [3.63, 3.8) is 0 Å². The van der Waals surface area contributed by atoms with Crippen LogP contribution in [0.5, 0.6) is 0 Å². The molecule has 162 valence electrons. The average molecular weight is 401 g/mol. The van der Waals surface area contributed by atoms with Gasteiger partial charge < -0.3 is 10.2 Å². The molecule has 0 aliphatic heterocycles. The Morgan fingerprint density at radius 2 is 1.69 bits per heavy atom. The van der Waals surface area contributed by atoms with Crippen molar-refractivity contribution < 1.29 is 15.0 Å². The molecule has 29 heavy (non-hydrogen) atoms. The summed E-state index contributed by atoms with van der Waals surface area (Å²) in [6.45, 7) is 7.09. The second-order valence-corrected chi connectivity index (χ2v) is 12.1. The van der Waals surface area contributed by atoms with Crippen molar-refractivity contribution in [2.24, 2.45) is 45.8 Å². The number of hydrogen-bond donors (Lipinski definition) is 2. The Kier molecular flexibility index (Phi) is 4.56. The molecule has 5 aliphatic carbocycles. The van der Waals surface area contributed by atoms with E-state index in [-0.39, 0.29) is 22.9 Å². The van der Waals surface area contributed by atoms with Gasteiger partial charge in [-0.1, -0.05) is 45.3 Å². The lowest BCUT2D eigenvalue weighted by molar-refractivity contribution is -0.161. The van der Waals surface area contributed by atoms with Gasteiger partial charge in [-0.3, -0.25) is 4.79 Å². The number of aliphatic hydroxyl groups is 1. The van der Waals surface area contributed by atoms with Crippen LogP contribution in [0.2, 0.25) is 0 Å². The molecule has 0 bridgehead atoms. The SMILES string of the molecule is CC1(C)[C@@H]2CC[C@@H]3[C@H](CC=C4[C@@H]5CCCC[C@]5(C(=O)O)CC[C@]43C)[C@H]2CC[C@@H]1O. The van der Waals surface area contributed by atoms with Gasteiger partial charge in [0.05, 0.1) is 11.5 Å². The Balaban J connectivity index is 1.50. The highest BCUT2D eigenvalue weighted by molar-refractivity contribution is 5.76. The van der Waals surface area contributed by atoms with E-state index in [4.69, 9.17) is 0 Å². The van der Waals surface area contributed by atoms with Gasteiger partial charge in [0, 0.05) is 0 Å². The molecule has 0 aromatic rings. The van der Waals surface area contributed by atoms with Gasteiger partial charge in [0.15, 0.2) is 0 Å². The third kappa shape index (κ3) is 2.61. The van der Waals surface area contributed by atoms with Crippen LogP contribution in [0, 0.1) is 45.8 Å². The summed E-state index contributed by atoms with van der Waals surface area (Å²) < 4.78 is 0. The lowest BCUT2D eigenvalue weighted by Crippen LogP contribution is -2.57. The quantitative estimate of drug-likeness (QED) is 0.546. The predicted molar refractivity (Wildman–Crippen MR) is 114 cm³/mol. The Morgan fingerprint density at radius 3 is 2.45 bits per heavy atom. The third-order valence-corrected chi connectivity index (χ3v) is 11.0. The van der Waals surface area contributed by atoms with Crippen LogP contribution in [0.1, 0.15) is 91.4 Å². The van der Waals surface area contributed by atoms with Crippen molar-refractivity contribution in [3.05, 3.63) is 11.6 Å². The Bertz CT molecular complexity index is 723. The highest BCUT2D eigenvalue weighted by Crippen LogP contribution is 2.67. The van der Waals surface area contributed by atoms with E-state index in [1.165, 1.54) is 25.7 Å². The summed E-state index contributed by atoms with van der Waals surface area (Å²) in [5, 5.41) is 20.9. The van der Waals surface area contributed by atoms with Gasteiger partial charge >= 0.3 is 5.97 Å². The van der Waals surface area contributed by atoms with E-state index in [0.717, 1.165) is 56.8 Å². The van der Waals surface area contributed by atoms with E-state index >= 15 is 0 Å². The largest absolute Gasteiger partial charge is 0.481 e. The molecule has 2 N–H and O–H groups in total. The highest BCUT2D eigenvalue weighted by Gasteiger charge is 2.61. The summed E-state index contributed by atoms with van der Waals surface area (Å²) in [5.74, 6) is 2.57. The molecule has 0 heterocycles. The first-order valence-electron chi connectivity index (χ1n) is 12.3. The van der Waals surface area contributed by atoms with Crippen LogP contribution in [-0.4, -0.2) is 22.3 Å². The van der Waals surface area contributed by atoms with E-state index < -0.39 is 11.4 Å². The molecule has 0 aromatic carbocycles. The Hall–Kier alpha value is -0.830. The number of rotatable bonds is 1. The molecule has 0 saturated heterocycles. The monoisotopic (exact) mass is 400 g/mol. The minimum absolute atomic E-state index is 0.0349. The topological polar surface area (TPSA) is 57.5 Å². The fraction of sp³-hybridized carbons (Fsp3) is 0.885. The normalized spacial score (nSPS) is 51.0. The standard InChI is InChI=1S/C26H40O3/c1-24(2)18-10-11-19-17(16(18)8-12-22(24)27)7-9-20-21-6-4-5-13-26(21,23(28)29)15-14-25(19,20)3/h9,16-19,21-22,27H,4-8,10-15H2,1-3H3,(H,28,29)/t16-,17-,18-,19-,21+,22+,25+,26+/m1/s1. The van der Waals surface area contributed by atoms with Gasteiger partial charge in [-0.2, -0.15) is 0 Å². The fourth-order valence-corrected chi connectivity index (χ4v) is 9.24. The molecule has 0 unspecified atom stereocenters. The number of aliphatic hydroxyl groups excluding tert-OH is 1. The molecule has 8 atom stereocenters. The first-order chi connectivity index (χ1) is 13.7. The first kappa shape index (κ1) is 20.1. The second kappa shape index (κ2) is 6.58. The van der Waals surface area contributed by atoms with E-state index in [0.29, 0.717) is 11.8 Å². The number of carbonyl (C=O) groups is 1. The lowest BCUT2D eigenvalue weighted by atomic mass is 9.41. The van der Waals surface area contributed by atoms with Gasteiger partial charge in [-0.05, 0) is 98.2 Å².